The Bertz CT molecular complexity index is 6360. The maximum Gasteiger partial charge on any atom is 0.338 e. The van der Waals surface area contributed by atoms with E-state index < -0.39 is 0 Å². The zero-order valence-electron chi connectivity index (χ0n) is 75.2. The maximum atomic E-state index is 11.9. The van der Waals surface area contributed by atoms with E-state index in [4.69, 9.17) is 25.8 Å². The van der Waals surface area contributed by atoms with Crippen molar-refractivity contribution in [3.05, 3.63) is 352 Å². The lowest BCUT2D eigenvalue weighted by Gasteiger charge is -2.13. The molecule has 16 aromatic rings. The third-order valence-corrected chi connectivity index (χ3v) is 19.7. The van der Waals surface area contributed by atoms with Gasteiger partial charge in [-0.1, -0.05) is 174 Å². The molecule has 0 bridgehead atoms. The number of aromatic nitrogens is 12. The lowest BCUT2D eigenvalue weighted by atomic mass is 10.1. The molecule has 0 fully saturated rings. The molecule has 0 spiro atoms. The fourth-order valence-corrected chi connectivity index (χ4v) is 12.6. The first-order valence-electron chi connectivity index (χ1n) is 43.0. The number of carbonyl (C=O) groups excluding carboxylic acids is 3. The summed E-state index contributed by atoms with van der Waals surface area (Å²) in [5.74, 6) is 4.04. The summed E-state index contributed by atoms with van der Waals surface area (Å²) in [6, 6.07) is 92.2. The fraction of sp³-hybridized carbons (Fsp3) is 0.147. The Hall–Kier alpha value is -17.0. The summed E-state index contributed by atoms with van der Waals surface area (Å²) in [4.78, 5) is 89.7. The molecule has 0 aliphatic rings. The van der Waals surface area contributed by atoms with Crippen LogP contribution >= 0.6 is 11.6 Å². The van der Waals surface area contributed by atoms with Gasteiger partial charge in [-0.05, 0) is 256 Å². The largest absolute Gasteiger partial charge is 0.462 e. The lowest BCUT2D eigenvalue weighted by Crippen LogP contribution is -2.08. The van der Waals surface area contributed by atoms with Crippen LogP contribution in [-0.2, 0) is 20.7 Å². The van der Waals surface area contributed by atoms with Crippen molar-refractivity contribution in [3.63, 3.8) is 0 Å². The number of carbonyl (C=O) groups is 3. The number of halogens is 1. The minimum atomic E-state index is -0.384. The van der Waals surface area contributed by atoms with E-state index in [9.17, 15) is 14.4 Å². The Balaban J connectivity index is 0.000000151. The molecule has 0 aliphatic heterocycles. The van der Waals surface area contributed by atoms with Crippen molar-refractivity contribution in [2.75, 3.05) is 77.0 Å². The predicted octanol–water partition coefficient (Wildman–Crippen LogP) is 24.5. The third kappa shape index (κ3) is 29.5. The number of para-hydroxylation sites is 2. The smallest absolute Gasteiger partial charge is 0.338 e. The van der Waals surface area contributed by atoms with Crippen molar-refractivity contribution in [1.82, 2.24) is 59.8 Å². The molecule has 30 nitrogen and oxygen atoms in total. The predicted molar refractivity (Wildman–Crippen MR) is 531 cm³/mol. The number of hydrogen-bond donors (Lipinski definition) is 12. The number of anilines is 24. The van der Waals surface area contributed by atoms with Crippen molar-refractivity contribution in [1.29, 1.82) is 0 Å². The van der Waals surface area contributed by atoms with Crippen molar-refractivity contribution in [2.24, 2.45) is 0 Å². The molecule has 0 radical (unpaired) electrons. The molecule has 0 saturated carbocycles. The first kappa shape index (κ1) is 93.6. The molecule has 4 heterocycles. The van der Waals surface area contributed by atoms with Gasteiger partial charge >= 0.3 is 17.9 Å². The van der Waals surface area contributed by atoms with Gasteiger partial charge in [0, 0.05) is 69.0 Å². The zero-order valence-corrected chi connectivity index (χ0v) is 76.0. The van der Waals surface area contributed by atoms with Crippen LogP contribution in [0, 0.1) is 48.5 Å². The monoisotopic (exact) mass is 1790 g/mol. The maximum absolute atomic E-state index is 11.9. The van der Waals surface area contributed by atoms with E-state index in [0.29, 0.717) is 124 Å². The molecular formula is C102H101ClN24O6. The van der Waals surface area contributed by atoms with Crippen LogP contribution in [0.3, 0.4) is 0 Å². The number of esters is 3. The van der Waals surface area contributed by atoms with Gasteiger partial charge in [-0.25, -0.2) is 9.59 Å². The number of benzene rings is 12. The van der Waals surface area contributed by atoms with Gasteiger partial charge in [0.1, 0.15) is 5.75 Å². The summed E-state index contributed by atoms with van der Waals surface area (Å²) in [6.07, 6.45) is 1.21. The van der Waals surface area contributed by atoms with E-state index in [1.54, 1.807) is 93.6 Å². The van der Waals surface area contributed by atoms with Crippen LogP contribution in [0.1, 0.15) is 99.3 Å². The highest BCUT2D eigenvalue weighted by Crippen LogP contribution is 2.31. The molecule has 12 aromatic carbocycles. The highest BCUT2D eigenvalue weighted by Gasteiger charge is 2.18. The van der Waals surface area contributed by atoms with Gasteiger partial charge in [-0.3, -0.25) is 4.79 Å². The third-order valence-electron chi connectivity index (χ3n) is 19.4. The SMILES string of the molecule is CCOC(=O)c1ccc(Nc2nc(Nc3ccc(C)cc3)nc(Nc3ccc(C)cc3)n2)cc1.CCOC(=O)c1ccc(Nc2nc(Nc3ccc(OC(=O)CC)cc3)nc(Nc3cccc(C)c3)n2)cc1.CCc1ccccc1Nc1nc(Nc2ccc(C)cc2)nc(Nc2ccc(C)cc2)n1.Cc1ccc(Nc2nc(Nc3ccc(C)cc3)nc(Nc3ccccc3Cl)n2)cc1. The highest BCUT2D eigenvalue weighted by atomic mass is 35.5. The van der Waals surface area contributed by atoms with E-state index in [0.717, 1.165) is 74.3 Å². The molecule has 0 aliphatic carbocycles. The number of nitrogens with one attached hydrogen (secondary N) is 12. The average Bonchev–Trinajstić information content (AvgIpc) is 0.833. The molecule has 0 unspecified atom stereocenters. The summed E-state index contributed by atoms with van der Waals surface area (Å²) in [5, 5.41) is 39.3. The second kappa shape index (κ2) is 46.6. The molecular weight excluding hydrogens is 1690 g/mol. The average molecular weight is 1790 g/mol. The van der Waals surface area contributed by atoms with Crippen LogP contribution in [0.2, 0.25) is 5.02 Å². The first-order valence-corrected chi connectivity index (χ1v) is 43.3. The Morgan fingerprint density at radius 2 is 0.504 bits per heavy atom. The summed E-state index contributed by atoms with van der Waals surface area (Å²) >= 11 is 6.28. The number of ether oxygens (including phenoxy) is 3. The molecule has 0 saturated heterocycles. The van der Waals surface area contributed by atoms with E-state index in [1.165, 1.54) is 27.8 Å². The van der Waals surface area contributed by atoms with E-state index in [-0.39, 0.29) is 23.9 Å². The highest BCUT2D eigenvalue weighted by molar-refractivity contribution is 6.33. The number of aryl methyl sites for hydroxylation is 8. The Kier molecular flexibility index (Phi) is 32.8. The molecule has 0 amide bonds. The van der Waals surface area contributed by atoms with Crippen LogP contribution in [-0.4, -0.2) is 90.9 Å². The molecule has 133 heavy (non-hydrogen) atoms. The zero-order chi connectivity index (χ0) is 93.4. The van der Waals surface area contributed by atoms with Crippen LogP contribution in [0.5, 0.6) is 5.75 Å². The van der Waals surface area contributed by atoms with Crippen LogP contribution < -0.4 is 68.5 Å². The van der Waals surface area contributed by atoms with Crippen molar-refractivity contribution in [3.8, 4) is 5.75 Å². The van der Waals surface area contributed by atoms with Gasteiger partial charge in [-0.15, -0.1) is 0 Å². The normalized spacial score (nSPS) is 10.5. The topological polar surface area (TPSA) is 378 Å². The lowest BCUT2D eigenvalue weighted by molar-refractivity contribution is -0.134. The van der Waals surface area contributed by atoms with Crippen LogP contribution in [0.4, 0.5) is 140 Å². The minimum Gasteiger partial charge on any atom is -0.462 e. The number of rotatable bonds is 31. The first-order chi connectivity index (χ1) is 64.5. The summed E-state index contributed by atoms with van der Waals surface area (Å²) < 4.78 is 15.3. The molecule has 31 heteroatoms. The van der Waals surface area contributed by atoms with E-state index >= 15 is 0 Å². The molecule has 12 N–H and O–H groups in total. The molecule has 672 valence electrons. The Morgan fingerprint density at radius 3 is 0.774 bits per heavy atom. The van der Waals surface area contributed by atoms with Gasteiger partial charge in [0.25, 0.3) is 0 Å². The summed E-state index contributed by atoms with van der Waals surface area (Å²) in [6.45, 7) is 22.3. The fourth-order valence-electron chi connectivity index (χ4n) is 12.4. The standard InChI is InChI=1S/C28H28N6O4.C26H26N6O2.C25H26N6.C23H21ClN6/c1-4-24(35)38-23-15-13-21(14-16-23)30-27-32-26(29-20-11-9-19(10-12-20)25(36)37-5-2)33-28(34-27)31-22-8-6-7-18(3)17-22;1-4-34-23(33)19-9-15-22(16-10-19)29-26-31-24(27-20-11-5-17(2)6-12-20)30-25(32-26)28-21-13-7-18(3)8-14-21;1-4-19-7-5-6-8-22(19)28-25-30-23(26-20-13-9-17(2)10-14-20)29-24(31-25)27-21-15-11-18(3)12-16-21;1-15-7-11-17(12-8-15)25-21-28-22(26-18-13-9-16(2)10-14-18)30-23(29-21)27-20-6-4-3-5-19(20)24/h6-17H,4-5H2,1-3H3,(H3,29,30,31,32,33,34);5-16H,4H2,1-3H3,(H3,27,28,29,30,31,32);5-16H,4H2,1-3H3,(H3,26,27,28,29,30,31);3-14H,1-2H3,(H3,25,26,27,28,29,30). The van der Waals surface area contributed by atoms with Gasteiger partial charge in [0.15, 0.2) is 0 Å². The second-order valence-corrected chi connectivity index (χ2v) is 30.6. The van der Waals surface area contributed by atoms with E-state index in [2.05, 4.69) is 150 Å². The van der Waals surface area contributed by atoms with Gasteiger partial charge in [-0.2, -0.15) is 59.8 Å². The molecule has 4 aromatic heterocycles. The van der Waals surface area contributed by atoms with Gasteiger partial charge in [0.05, 0.1) is 35.1 Å². The number of hydrogen-bond acceptors (Lipinski definition) is 30. The van der Waals surface area contributed by atoms with Gasteiger partial charge < -0.3 is 78.0 Å². The van der Waals surface area contributed by atoms with Crippen molar-refractivity contribution in [2.45, 2.75) is 89.0 Å². The van der Waals surface area contributed by atoms with Crippen molar-refractivity contribution >= 4 is 169 Å². The quantitative estimate of drug-likeness (QED) is 0.0142. The Labute approximate surface area is 776 Å². The summed E-state index contributed by atoms with van der Waals surface area (Å²) in [7, 11) is 0. The molecule has 16 rings (SSSR count). The van der Waals surface area contributed by atoms with Gasteiger partial charge in [0.2, 0.25) is 71.4 Å². The Morgan fingerprint density at radius 1 is 0.256 bits per heavy atom. The summed E-state index contributed by atoms with van der Waals surface area (Å²) in [5.41, 5.74) is 20.2. The van der Waals surface area contributed by atoms with E-state index in [1.807, 2.05) is 247 Å². The minimum absolute atomic E-state index is 0.287. The molecule has 0 atom stereocenters. The number of nitrogens with zero attached hydrogens (tertiary/aromatic N) is 12. The van der Waals surface area contributed by atoms with Crippen LogP contribution in [0.25, 0.3) is 0 Å². The second-order valence-electron chi connectivity index (χ2n) is 30.2. The van der Waals surface area contributed by atoms with Crippen LogP contribution in [0.15, 0.2) is 291 Å². The van der Waals surface area contributed by atoms with Crippen molar-refractivity contribution < 1.29 is 28.6 Å².